The van der Waals surface area contributed by atoms with Crippen LogP contribution in [-0.2, 0) is 29.4 Å². The van der Waals surface area contributed by atoms with Gasteiger partial charge in [0.25, 0.3) is 0 Å². The van der Waals surface area contributed by atoms with Crippen LogP contribution in [-0.4, -0.2) is 45.5 Å². The van der Waals surface area contributed by atoms with Crippen molar-refractivity contribution in [3.8, 4) is 0 Å². The van der Waals surface area contributed by atoms with Crippen molar-refractivity contribution in [1.29, 1.82) is 0 Å². The first-order chi connectivity index (χ1) is 15.7. The van der Waals surface area contributed by atoms with E-state index in [0.29, 0.717) is 35.7 Å². The van der Waals surface area contributed by atoms with Crippen molar-refractivity contribution in [2.75, 3.05) is 11.5 Å². The van der Waals surface area contributed by atoms with Gasteiger partial charge in [-0.2, -0.15) is 0 Å². The molecule has 0 unspecified atom stereocenters. The molecule has 33 heavy (non-hydrogen) atoms. The van der Waals surface area contributed by atoms with Crippen molar-refractivity contribution >= 4 is 44.6 Å². The molecule has 3 aromatic rings. The van der Waals surface area contributed by atoms with Crippen LogP contribution in [0.25, 0.3) is 11.2 Å². The summed E-state index contributed by atoms with van der Waals surface area (Å²) in [7, 11) is -3.38. The molecule has 3 N–H and O–H groups in total. The average Bonchev–Trinajstić information content (AvgIpc) is 3.28. The summed E-state index contributed by atoms with van der Waals surface area (Å²) in [5.74, 6) is 0.429. The number of imidazole rings is 1. The van der Waals surface area contributed by atoms with Crippen molar-refractivity contribution in [1.82, 2.24) is 24.2 Å². The number of nitrogen functional groups attached to an aromatic ring is 1. The lowest BCUT2D eigenvalue weighted by molar-refractivity contribution is 0.0994. The number of benzene rings is 1. The highest BCUT2D eigenvalue weighted by Crippen LogP contribution is 2.36. The first-order valence-corrected chi connectivity index (χ1v) is 13.5. The lowest BCUT2D eigenvalue weighted by Gasteiger charge is -2.13. The fraction of sp³-hybridized carbons (Fsp3) is 0.455. The Labute approximate surface area is 197 Å². The van der Waals surface area contributed by atoms with Gasteiger partial charge in [0, 0.05) is 29.5 Å². The molecule has 0 bridgehead atoms. The summed E-state index contributed by atoms with van der Waals surface area (Å²) in [5, 5.41) is 0.645. The second-order valence-electron chi connectivity index (χ2n) is 8.42. The number of ketones is 1. The molecule has 0 saturated heterocycles. The highest BCUT2D eigenvalue weighted by molar-refractivity contribution is 7.99. The molecule has 0 fully saturated rings. The highest BCUT2D eigenvalue weighted by atomic mass is 32.2. The quantitative estimate of drug-likeness (QED) is 0.470. The first kappa shape index (κ1) is 23.7. The SMILES string of the molecule is CCc1cc2c(cc1Sc1nc3c(N)ncnc3n1CCCS(=O)(=O)NC(C)C)C(=O)CC2. The molecule has 0 atom stereocenters. The summed E-state index contributed by atoms with van der Waals surface area (Å²) in [6.45, 7) is 6.07. The number of hydrogen-bond donors (Lipinski definition) is 2. The topological polar surface area (TPSA) is 133 Å². The fourth-order valence-electron chi connectivity index (χ4n) is 4.04. The molecule has 1 aliphatic carbocycles. The number of aryl methyl sites for hydroxylation is 3. The van der Waals surface area contributed by atoms with Crippen molar-refractivity contribution < 1.29 is 13.2 Å². The summed E-state index contributed by atoms with van der Waals surface area (Å²) >= 11 is 1.45. The van der Waals surface area contributed by atoms with Gasteiger partial charge < -0.3 is 10.3 Å². The van der Waals surface area contributed by atoms with Crippen molar-refractivity contribution in [2.24, 2.45) is 0 Å². The monoisotopic (exact) mass is 488 g/mol. The van der Waals surface area contributed by atoms with Gasteiger partial charge in [-0.3, -0.25) is 4.79 Å². The second-order valence-corrected chi connectivity index (χ2v) is 11.3. The molecule has 9 nitrogen and oxygen atoms in total. The van der Waals surface area contributed by atoms with E-state index < -0.39 is 10.0 Å². The minimum absolute atomic E-state index is 0.0108. The first-order valence-electron chi connectivity index (χ1n) is 11.0. The molecule has 0 spiro atoms. The summed E-state index contributed by atoms with van der Waals surface area (Å²) in [6.07, 6.45) is 3.93. The van der Waals surface area contributed by atoms with Crippen LogP contribution in [0.2, 0.25) is 0 Å². The number of carbonyl (C=O) groups is 1. The number of carbonyl (C=O) groups excluding carboxylic acids is 1. The van der Waals surface area contributed by atoms with Gasteiger partial charge in [-0.15, -0.1) is 0 Å². The average molecular weight is 489 g/mol. The summed E-state index contributed by atoms with van der Waals surface area (Å²) in [5.41, 5.74) is 10.1. The molecular formula is C22H28N6O3S2. The van der Waals surface area contributed by atoms with E-state index in [4.69, 9.17) is 5.73 Å². The van der Waals surface area contributed by atoms with Crippen LogP contribution in [0.1, 0.15) is 55.1 Å². The van der Waals surface area contributed by atoms with Gasteiger partial charge in [-0.25, -0.2) is 28.1 Å². The zero-order valence-electron chi connectivity index (χ0n) is 19.0. The van der Waals surface area contributed by atoms with Gasteiger partial charge in [0.05, 0.1) is 5.75 Å². The highest BCUT2D eigenvalue weighted by Gasteiger charge is 2.23. The van der Waals surface area contributed by atoms with Crippen molar-refractivity contribution in [2.45, 2.75) is 69.1 Å². The van der Waals surface area contributed by atoms with Gasteiger partial charge in [-0.05, 0) is 50.3 Å². The third-order valence-electron chi connectivity index (χ3n) is 5.53. The molecular weight excluding hydrogens is 460 g/mol. The van der Waals surface area contributed by atoms with E-state index in [9.17, 15) is 13.2 Å². The largest absolute Gasteiger partial charge is 0.382 e. The number of nitrogens with zero attached hydrogens (tertiary/aromatic N) is 4. The zero-order chi connectivity index (χ0) is 23.8. The van der Waals surface area contributed by atoms with E-state index in [0.717, 1.165) is 34.4 Å². The van der Waals surface area contributed by atoms with Crippen LogP contribution in [0.3, 0.4) is 0 Å². The number of aromatic nitrogens is 4. The summed E-state index contributed by atoms with van der Waals surface area (Å²) < 4.78 is 29.0. The number of nitrogens with two attached hydrogens (primary N) is 1. The van der Waals surface area contributed by atoms with Crippen LogP contribution < -0.4 is 10.5 Å². The number of rotatable bonds is 9. The normalized spacial score (nSPS) is 13.9. The number of anilines is 1. The molecule has 0 amide bonds. The van der Waals surface area contributed by atoms with E-state index in [2.05, 4.69) is 32.7 Å². The van der Waals surface area contributed by atoms with Crippen LogP contribution in [0.4, 0.5) is 5.82 Å². The summed E-state index contributed by atoms with van der Waals surface area (Å²) in [6, 6.07) is 3.93. The molecule has 4 rings (SSSR count). The molecule has 1 aromatic carbocycles. The van der Waals surface area contributed by atoms with Gasteiger partial charge in [-0.1, -0.05) is 24.8 Å². The van der Waals surface area contributed by atoms with Crippen LogP contribution in [0.5, 0.6) is 0 Å². The smallest absolute Gasteiger partial charge is 0.211 e. The Hall–Kier alpha value is -2.50. The van der Waals surface area contributed by atoms with Gasteiger partial charge in [0.15, 0.2) is 27.9 Å². The molecule has 0 radical (unpaired) electrons. The van der Waals surface area contributed by atoms with E-state index in [-0.39, 0.29) is 23.4 Å². The molecule has 1 aliphatic rings. The molecule has 0 saturated carbocycles. The third-order valence-corrected chi connectivity index (χ3v) is 8.28. The second kappa shape index (κ2) is 9.40. The number of Topliss-reactive ketones (excluding diaryl/α,β-unsaturated/α-hetero) is 1. The Morgan fingerprint density at radius 3 is 2.76 bits per heavy atom. The zero-order valence-corrected chi connectivity index (χ0v) is 20.6. The number of sulfonamides is 1. The van der Waals surface area contributed by atoms with Crippen molar-refractivity contribution in [3.63, 3.8) is 0 Å². The summed E-state index contributed by atoms with van der Waals surface area (Å²) in [4.78, 5) is 26.4. The van der Waals surface area contributed by atoms with E-state index >= 15 is 0 Å². The van der Waals surface area contributed by atoms with E-state index in [1.807, 2.05) is 10.6 Å². The Balaban J connectivity index is 1.68. The fourth-order valence-corrected chi connectivity index (χ4v) is 6.52. The Morgan fingerprint density at radius 2 is 2.03 bits per heavy atom. The number of hydrogen-bond acceptors (Lipinski definition) is 8. The molecule has 2 heterocycles. The Bertz CT molecular complexity index is 1320. The lowest BCUT2D eigenvalue weighted by Crippen LogP contribution is -2.32. The van der Waals surface area contributed by atoms with Gasteiger partial charge >= 0.3 is 0 Å². The Morgan fingerprint density at radius 1 is 1.24 bits per heavy atom. The van der Waals surface area contributed by atoms with Crippen LogP contribution >= 0.6 is 11.8 Å². The van der Waals surface area contributed by atoms with Gasteiger partial charge in [0.2, 0.25) is 10.0 Å². The standard InChI is InChI=1S/C22H28N6O3S2/c1-4-14-10-15-6-7-17(29)16(15)11-18(14)32-22-26-19-20(23)24-12-25-21(19)28(22)8-5-9-33(30,31)27-13(2)3/h10-13,27H,4-9H2,1-3H3,(H2,23,24,25). The van der Waals surface area contributed by atoms with Crippen LogP contribution in [0, 0.1) is 0 Å². The minimum atomic E-state index is -3.38. The van der Waals surface area contributed by atoms with E-state index in [1.54, 1.807) is 13.8 Å². The molecule has 2 aromatic heterocycles. The maximum atomic E-state index is 12.3. The van der Waals surface area contributed by atoms with Gasteiger partial charge in [0.1, 0.15) is 6.33 Å². The predicted octanol–water partition coefficient (Wildman–Crippen LogP) is 2.97. The molecule has 11 heteroatoms. The number of fused-ring (bicyclic) bond motifs is 2. The Kier molecular flexibility index (Phi) is 6.73. The predicted molar refractivity (Wildman–Crippen MR) is 129 cm³/mol. The van der Waals surface area contributed by atoms with E-state index in [1.165, 1.54) is 18.1 Å². The van der Waals surface area contributed by atoms with Crippen molar-refractivity contribution in [3.05, 3.63) is 35.2 Å². The minimum Gasteiger partial charge on any atom is -0.382 e. The lowest BCUT2D eigenvalue weighted by atomic mass is 10.0. The molecule has 176 valence electrons. The maximum Gasteiger partial charge on any atom is 0.211 e. The molecule has 0 aliphatic heterocycles. The number of nitrogens with one attached hydrogen (secondary N) is 1. The maximum absolute atomic E-state index is 12.3. The third kappa shape index (κ3) is 5.04. The van der Waals surface area contributed by atoms with Crippen LogP contribution in [0.15, 0.2) is 28.5 Å².